The van der Waals surface area contributed by atoms with Crippen molar-refractivity contribution >= 4 is 23.4 Å². The lowest BCUT2D eigenvalue weighted by atomic mass is 10.3. The molecule has 19 heavy (non-hydrogen) atoms. The second-order valence-corrected chi connectivity index (χ2v) is 4.24. The fraction of sp³-hybridized carbons (Fsp3) is 0. The fourth-order valence-electron chi connectivity index (χ4n) is 1.20. The molecule has 2 aromatic rings. The van der Waals surface area contributed by atoms with Crippen molar-refractivity contribution in [1.29, 1.82) is 0 Å². The third kappa shape index (κ3) is 3.01. The van der Waals surface area contributed by atoms with Crippen molar-refractivity contribution in [3.8, 4) is 0 Å². The largest absolute Gasteiger partial charge is 0.477 e. The zero-order valence-corrected chi connectivity index (χ0v) is 10.1. The summed E-state index contributed by atoms with van der Waals surface area (Å²) < 4.78 is 0. The minimum atomic E-state index is -1.25. The minimum Gasteiger partial charge on any atom is -0.477 e. The molecule has 9 heteroatoms. The Labute approximate surface area is 110 Å². The lowest BCUT2D eigenvalue weighted by molar-refractivity contribution is -0.388. The van der Waals surface area contributed by atoms with Crippen molar-refractivity contribution in [2.24, 2.45) is 0 Å². The number of aromatic carboxylic acids is 1. The summed E-state index contributed by atoms with van der Waals surface area (Å²) in [6.07, 6.45) is 2.76. The van der Waals surface area contributed by atoms with E-state index in [2.05, 4.69) is 15.0 Å². The molecule has 0 aliphatic heterocycles. The Kier molecular flexibility index (Phi) is 3.66. The Hall–Kier alpha value is -2.55. The first-order valence-corrected chi connectivity index (χ1v) is 5.72. The predicted molar refractivity (Wildman–Crippen MR) is 64.0 cm³/mol. The Balaban J connectivity index is 2.43. The molecule has 96 valence electrons. The molecule has 0 amide bonds. The summed E-state index contributed by atoms with van der Waals surface area (Å²) in [6, 6.07) is 3.74. The predicted octanol–water partition coefficient (Wildman–Crippen LogP) is 1.63. The van der Waals surface area contributed by atoms with E-state index in [1.165, 1.54) is 12.5 Å². The maximum atomic E-state index is 10.9. The summed E-state index contributed by atoms with van der Waals surface area (Å²) in [5.74, 6) is -1.25. The molecule has 0 spiro atoms. The van der Waals surface area contributed by atoms with Crippen LogP contribution >= 0.6 is 11.8 Å². The Morgan fingerprint density at radius 2 is 2.16 bits per heavy atom. The van der Waals surface area contributed by atoms with Gasteiger partial charge in [-0.15, -0.1) is 0 Å². The highest BCUT2D eigenvalue weighted by molar-refractivity contribution is 7.99. The van der Waals surface area contributed by atoms with Crippen LogP contribution in [0, 0.1) is 10.1 Å². The lowest BCUT2D eigenvalue weighted by Gasteiger charge is -2.02. The quantitative estimate of drug-likeness (QED) is 0.509. The highest BCUT2D eigenvalue weighted by Crippen LogP contribution is 2.31. The number of aromatic nitrogens is 3. The zero-order chi connectivity index (χ0) is 13.8. The minimum absolute atomic E-state index is 0.0244. The van der Waals surface area contributed by atoms with E-state index >= 15 is 0 Å². The second kappa shape index (κ2) is 5.40. The lowest BCUT2D eigenvalue weighted by Crippen LogP contribution is -2.03. The summed E-state index contributed by atoms with van der Waals surface area (Å²) >= 11 is 0.907. The number of carboxylic acids is 1. The smallest absolute Gasteiger partial charge is 0.354 e. The van der Waals surface area contributed by atoms with Crippen molar-refractivity contribution in [2.75, 3.05) is 0 Å². The average Bonchev–Trinajstić information content (AvgIpc) is 2.39. The van der Waals surface area contributed by atoms with Gasteiger partial charge in [-0.2, -0.15) is 0 Å². The first kappa shape index (κ1) is 12.9. The summed E-state index contributed by atoms with van der Waals surface area (Å²) in [6.45, 7) is 0. The number of carbonyl (C=O) groups is 1. The molecule has 0 radical (unpaired) electrons. The standard InChI is InChI=1S/C10H6N4O4S/c15-10(16)6-1-2-7(14(17)18)9(13-6)19-8-3-4-11-5-12-8/h1-5H,(H,15,16). The molecule has 0 saturated heterocycles. The van der Waals surface area contributed by atoms with Gasteiger partial charge in [0.15, 0.2) is 5.03 Å². The summed E-state index contributed by atoms with van der Waals surface area (Å²) in [5.41, 5.74) is -0.532. The molecule has 0 unspecified atom stereocenters. The van der Waals surface area contributed by atoms with Gasteiger partial charge in [-0.3, -0.25) is 10.1 Å². The van der Waals surface area contributed by atoms with Crippen molar-refractivity contribution in [2.45, 2.75) is 10.1 Å². The van der Waals surface area contributed by atoms with E-state index in [-0.39, 0.29) is 16.4 Å². The van der Waals surface area contributed by atoms with Crippen LogP contribution in [0.5, 0.6) is 0 Å². The van der Waals surface area contributed by atoms with Crippen LogP contribution in [0.25, 0.3) is 0 Å². The third-order valence-corrected chi connectivity index (χ3v) is 2.96. The van der Waals surface area contributed by atoms with Crippen LogP contribution in [-0.2, 0) is 0 Å². The monoisotopic (exact) mass is 278 g/mol. The van der Waals surface area contributed by atoms with Gasteiger partial charge in [-0.25, -0.2) is 19.7 Å². The van der Waals surface area contributed by atoms with E-state index in [1.54, 1.807) is 6.07 Å². The maximum absolute atomic E-state index is 10.9. The van der Waals surface area contributed by atoms with E-state index in [0.717, 1.165) is 23.9 Å². The molecular weight excluding hydrogens is 272 g/mol. The highest BCUT2D eigenvalue weighted by Gasteiger charge is 2.19. The molecule has 0 fully saturated rings. The number of pyridine rings is 1. The van der Waals surface area contributed by atoms with Gasteiger partial charge in [0.05, 0.1) is 4.92 Å². The normalized spacial score (nSPS) is 10.1. The summed E-state index contributed by atoms with van der Waals surface area (Å²) in [4.78, 5) is 32.4. The molecule has 0 aliphatic carbocycles. The molecule has 2 heterocycles. The molecule has 0 saturated carbocycles. The SMILES string of the molecule is O=C(O)c1ccc([N+](=O)[O-])c(Sc2ccncn2)n1. The second-order valence-electron chi connectivity index (χ2n) is 3.23. The molecule has 0 aliphatic rings. The van der Waals surface area contributed by atoms with E-state index in [9.17, 15) is 14.9 Å². The van der Waals surface area contributed by atoms with Crippen LogP contribution in [-0.4, -0.2) is 31.0 Å². The zero-order valence-electron chi connectivity index (χ0n) is 9.26. The molecule has 1 N–H and O–H groups in total. The number of carboxylic acid groups (broad SMARTS) is 1. The van der Waals surface area contributed by atoms with Crippen LogP contribution < -0.4 is 0 Å². The van der Waals surface area contributed by atoms with Crippen LogP contribution in [0.1, 0.15) is 10.5 Å². The van der Waals surface area contributed by atoms with E-state index in [4.69, 9.17) is 5.11 Å². The van der Waals surface area contributed by atoms with Crippen molar-refractivity contribution < 1.29 is 14.8 Å². The number of rotatable bonds is 4. The Morgan fingerprint density at radius 3 is 2.74 bits per heavy atom. The summed E-state index contributed by atoms with van der Waals surface area (Å²) in [7, 11) is 0. The summed E-state index contributed by atoms with van der Waals surface area (Å²) in [5, 5.41) is 20.1. The Bertz CT molecular complexity index is 635. The van der Waals surface area contributed by atoms with Crippen LogP contribution in [0.2, 0.25) is 0 Å². The third-order valence-electron chi connectivity index (χ3n) is 2.01. The van der Waals surface area contributed by atoms with Gasteiger partial charge in [-0.1, -0.05) is 0 Å². The highest BCUT2D eigenvalue weighted by atomic mass is 32.2. The van der Waals surface area contributed by atoms with Gasteiger partial charge >= 0.3 is 11.7 Å². The van der Waals surface area contributed by atoms with E-state index in [0.29, 0.717) is 5.03 Å². The average molecular weight is 278 g/mol. The van der Waals surface area contributed by atoms with Crippen molar-refractivity contribution in [1.82, 2.24) is 15.0 Å². The first-order valence-electron chi connectivity index (χ1n) is 4.90. The van der Waals surface area contributed by atoms with Gasteiger partial charge in [-0.05, 0) is 23.9 Å². The number of hydrogen-bond donors (Lipinski definition) is 1. The number of nitrogens with zero attached hydrogens (tertiary/aromatic N) is 4. The van der Waals surface area contributed by atoms with Gasteiger partial charge in [0, 0.05) is 12.3 Å². The molecule has 8 nitrogen and oxygen atoms in total. The maximum Gasteiger partial charge on any atom is 0.354 e. The fourth-order valence-corrected chi connectivity index (χ4v) is 2.02. The van der Waals surface area contributed by atoms with Gasteiger partial charge in [0.25, 0.3) is 0 Å². The molecule has 2 rings (SSSR count). The first-order chi connectivity index (χ1) is 9.08. The number of nitro groups is 1. The molecule has 0 aromatic carbocycles. The van der Waals surface area contributed by atoms with Crippen molar-refractivity contribution in [3.63, 3.8) is 0 Å². The molecule has 0 bridgehead atoms. The topological polar surface area (TPSA) is 119 Å². The van der Waals surface area contributed by atoms with Crippen LogP contribution in [0.3, 0.4) is 0 Å². The number of hydrogen-bond acceptors (Lipinski definition) is 7. The molecular formula is C10H6N4O4S. The van der Waals surface area contributed by atoms with Gasteiger partial charge in [0.1, 0.15) is 17.0 Å². The van der Waals surface area contributed by atoms with E-state index in [1.807, 2.05) is 0 Å². The van der Waals surface area contributed by atoms with Crippen LogP contribution in [0.15, 0.2) is 40.8 Å². The van der Waals surface area contributed by atoms with Crippen molar-refractivity contribution in [3.05, 3.63) is 46.5 Å². The van der Waals surface area contributed by atoms with Crippen LogP contribution in [0.4, 0.5) is 5.69 Å². The van der Waals surface area contributed by atoms with Gasteiger partial charge in [0.2, 0.25) is 0 Å². The van der Waals surface area contributed by atoms with Gasteiger partial charge < -0.3 is 5.11 Å². The molecule has 0 atom stereocenters. The Morgan fingerprint density at radius 1 is 1.37 bits per heavy atom. The molecule has 2 aromatic heterocycles. The van der Waals surface area contributed by atoms with E-state index < -0.39 is 10.9 Å².